The fraction of sp³-hybridized carbons (Fsp3) is 0.833. The van der Waals surface area contributed by atoms with Crippen molar-refractivity contribution in [1.29, 1.82) is 0 Å². The van der Waals surface area contributed by atoms with E-state index in [4.69, 9.17) is 18.0 Å². The molecule has 0 heterocycles. The Hall–Kier alpha value is -0.693. The van der Waals surface area contributed by atoms with Crippen LogP contribution < -0.4 is 0 Å². The second-order valence-corrected chi connectivity index (χ2v) is 8.46. The lowest BCUT2D eigenvalue weighted by Crippen LogP contribution is -2.58. The van der Waals surface area contributed by atoms with Gasteiger partial charge >= 0.3 is 14.8 Å². The summed E-state index contributed by atoms with van der Waals surface area (Å²) in [7, 11) is -3.11. The van der Waals surface area contributed by atoms with Gasteiger partial charge in [0.15, 0.2) is 5.73 Å². The maximum absolute atomic E-state index is 11.7. The molecule has 1 atom stereocenters. The molecule has 5 nitrogen and oxygen atoms in total. The minimum Gasteiger partial charge on any atom is -0.455 e. The van der Waals surface area contributed by atoms with Gasteiger partial charge in [-0.25, -0.2) is 4.79 Å². The summed E-state index contributed by atoms with van der Waals surface area (Å²) >= 11 is 0. The third-order valence-corrected chi connectivity index (χ3v) is 6.73. The van der Waals surface area contributed by atoms with Crippen LogP contribution in [-0.4, -0.2) is 40.3 Å². The molecule has 0 saturated heterocycles. The second kappa shape index (κ2) is 14.6. The van der Waals surface area contributed by atoms with E-state index in [0.29, 0.717) is 26.2 Å². The lowest BCUT2D eigenvalue weighted by Gasteiger charge is -2.35. The van der Waals surface area contributed by atoms with E-state index in [9.17, 15) is 4.79 Å². The Balaban J connectivity index is 5.26. The van der Waals surface area contributed by atoms with E-state index < -0.39 is 20.5 Å². The van der Waals surface area contributed by atoms with Gasteiger partial charge in [-0.1, -0.05) is 53.5 Å². The molecule has 0 aliphatic heterocycles. The zero-order valence-corrected chi connectivity index (χ0v) is 17.0. The summed E-state index contributed by atoms with van der Waals surface area (Å²) in [5.74, 6) is -0.462. The number of rotatable bonds is 16. The second-order valence-electron chi connectivity index (χ2n) is 5.75. The third-order valence-electron chi connectivity index (χ3n) is 3.59. The molecule has 24 heavy (non-hydrogen) atoms. The summed E-state index contributed by atoms with van der Waals surface area (Å²) in [6.45, 7) is 13.4. The number of esters is 1. The smallest absolute Gasteiger partial charge is 0.455 e. The SMILES string of the molecule is C=CC(=O)OC(CC)[Si](OCCCC)(OCCCC)OCCCC. The van der Waals surface area contributed by atoms with Gasteiger partial charge in [-0.3, -0.25) is 0 Å². The van der Waals surface area contributed by atoms with Crippen LogP contribution in [0, 0.1) is 0 Å². The molecule has 0 aliphatic rings. The fourth-order valence-corrected chi connectivity index (χ4v) is 4.93. The van der Waals surface area contributed by atoms with Crippen LogP contribution in [0.25, 0.3) is 0 Å². The lowest BCUT2D eigenvalue weighted by molar-refractivity contribution is -0.143. The highest BCUT2D eigenvalue weighted by atomic mass is 28.4. The Morgan fingerprint density at radius 1 is 0.917 bits per heavy atom. The molecule has 0 aromatic heterocycles. The van der Waals surface area contributed by atoms with Crippen molar-refractivity contribution >= 4 is 14.8 Å². The van der Waals surface area contributed by atoms with Gasteiger partial charge in [0.1, 0.15) is 0 Å². The first-order chi connectivity index (χ1) is 11.6. The highest BCUT2D eigenvalue weighted by Gasteiger charge is 2.51. The molecule has 0 aromatic rings. The summed E-state index contributed by atoms with van der Waals surface area (Å²) in [5.41, 5.74) is -0.492. The maximum Gasteiger partial charge on any atom is 0.544 e. The van der Waals surface area contributed by atoms with Crippen LogP contribution in [0.3, 0.4) is 0 Å². The number of unbranched alkanes of at least 4 members (excludes halogenated alkanes) is 3. The van der Waals surface area contributed by atoms with Crippen molar-refractivity contribution in [3.8, 4) is 0 Å². The van der Waals surface area contributed by atoms with Crippen molar-refractivity contribution in [2.75, 3.05) is 19.8 Å². The Bertz CT molecular complexity index is 309. The molecule has 0 fully saturated rings. The Morgan fingerprint density at radius 3 is 1.62 bits per heavy atom. The Labute approximate surface area is 149 Å². The van der Waals surface area contributed by atoms with E-state index in [2.05, 4.69) is 27.4 Å². The van der Waals surface area contributed by atoms with E-state index in [-0.39, 0.29) is 0 Å². The largest absolute Gasteiger partial charge is 0.544 e. The van der Waals surface area contributed by atoms with Gasteiger partial charge in [0.05, 0.1) is 0 Å². The van der Waals surface area contributed by atoms with Crippen LogP contribution in [0.5, 0.6) is 0 Å². The zero-order valence-electron chi connectivity index (χ0n) is 16.0. The molecular formula is C18H36O5Si. The minimum absolute atomic E-state index is 0.462. The first kappa shape index (κ1) is 23.3. The molecule has 0 bridgehead atoms. The van der Waals surface area contributed by atoms with Crippen molar-refractivity contribution in [2.45, 2.75) is 78.4 Å². The molecule has 0 spiro atoms. The van der Waals surface area contributed by atoms with Gasteiger partial charge in [0.25, 0.3) is 0 Å². The molecule has 0 aromatic carbocycles. The van der Waals surface area contributed by atoms with Crippen molar-refractivity contribution < 1.29 is 22.8 Å². The van der Waals surface area contributed by atoms with E-state index in [1.807, 2.05) is 6.92 Å². The standard InChI is InChI=1S/C18H36O5Si/c1-6-11-14-20-24(21-15-12-7-2,22-16-13-8-3)18(10-5)23-17(19)9-4/h9,18H,4,6-8,10-16H2,1-3,5H3. The first-order valence-electron chi connectivity index (χ1n) is 9.34. The van der Waals surface area contributed by atoms with Crippen LogP contribution in [0.4, 0.5) is 0 Å². The van der Waals surface area contributed by atoms with Crippen LogP contribution in [0.15, 0.2) is 12.7 Å². The Morgan fingerprint density at radius 2 is 1.33 bits per heavy atom. The average molecular weight is 361 g/mol. The predicted octanol–water partition coefficient (Wildman–Crippen LogP) is 4.42. The van der Waals surface area contributed by atoms with Gasteiger partial charge in [-0.15, -0.1) is 0 Å². The highest BCUT2D eigenvalue weighted by Crippen LogP contribution is 2.23. The molecule has 0 rings (SSSR count). The normalized spacial score (nSPS) is 12.8. The molecule has 0 radical (unpaired) electrons. The first-order valence-corrected chi connectivity index (χ1v) is 11.1. The fourth-order valence-electron chi connectivity index (χ4n) is 2.07. The van der Waals surface area contributed by atoms with E-state index in [1.54, 1.807) is 0 Å². The van der Waals surface area contributed by atoms with Gasteiger partial charge < -0.3 is 18.0 Å². The van der Waals surface area contributed by atoms with Gasteiger partial charge in [-0.2, -0.15) is 0 Å². The van der Waals surface area contributed by atoms with Crippen molar-refractivity contribution in [1.82, 2.24) is 0 Å². The summed E-state index contributed by atoms with van der Waals surface area (Å²) in [6, 6.07) is 0. The van der Waals surface area contributed by atoms with Crippen LogP contribution in [0.1, 0.15) is 72.6 Å². The number of hydrogen-bond acceptors (Lipinski definition) is 5. The van der Waals surface area contributed by atoms with E-state index in [1.165, 1.54) is 6.08 Å². The average Bonchev–Trinajstić information content (AvgIpc) is 2.59. The van der Waals surface area contributed by atoms with Crippen LogP contribution in [-0.2, 0) is 22.8 Å². The van der Waals surface area contributed by atoms with E-state index >= 15 is 0 Å². The van der Waals surface area contributed by atoms with Crippen LogP contribution in [0.2, 0.25) is 0 Å². The predicted molar refractivity (Wildman–Crippen MR) is 98.7 cm³/mol. The minimum atomic E-state index is -3.11. The maximum atomic E-state index is 11.7. The molecular weight excluding hydrogens is 324 g/mol. The molecule has 0 saturated carbocycles. The van der Waals surface area contributed by atoms with Crippen molar-refractivity contribution in [2.24, 2.45) is 0 Å². The number of carbonyl (C=O) groups is 1. The quantitative estimate of drug-likeness (QED) is 0.176. The number of hydrogen-bond donors (Lipinski definition) is 0. The van der Waals surface area contributed by atoms with Gasteiger partial charge in [0, 0.05) is 25.9 Å². The Kier molecular flexibility index (Phi) is 14.2. The zero-order chi connectivity index (χ0) is 18.3. The lowest BCUT2D eigenvalue weighted by atomic mass is 10.4. The molecule has 142 valence electrons. The monoisotopic (exact) mass is 360 g/mol. The summed E-state index contributed by atoms with van der Waals surface area (Å²) in [6.07, 6.45) is 7.62. The van der Waals surface area contributed by atoms with Crippen molar-refractivity contribution in [3.63, 3.8) is 0 Å². The topological polar surface area (TPSA) is 54.0 Å². The van der Waals surface area contributed by atoms with Gasteiger partial charge in [0.2, 0.25) is 0 Å². The molecule has 1 unspecified atom stereocenters. The molecule has 6 heteroatoms. The van der Waals surface area contributed by atoms with Gasteiger partial charge in [-0.05, 0) is 25.7 Å². The molecule has 0 aliphatic carbocycles. The summed E-state index contributed by atoms with van der Waals surface area (Å²) in [4.78, 5) is 11.7. The van der Waals surface area contributed by atoms with Crippen molar-refractivity contribution in [3.05, 3.63) is 12.7 Å². The number of carbonyl (C=O) groups excluding carboxylic acids is 1. The molecule has 0 N–H and O–H groups in total. The van der Waals surface area contributed by atoms with Crippen LogP contribution >= 0.6 is 0 Å². The molecule has 0 amide bonds. The summed E-state index contributed by atoms with van der Waals surface area (Å²) in [5, 5.41) is 0. The number of ether oxygens (including phenoxy) is 1. The third kappa shape index (κ3) is 8.96. The van der Waals surface area contributed by atoms with E-state index in [0.717, 1.165) is 38.5 Å². The summed E-state index contributed by atoms with van der Waals surface area (Å²) < 4.78 is 24.0. The highest BCUT2D eigenvalue weighted by molar-refractivity contribution is 6.62.